The zero-order chi connectivity index (χ0) is 27.9. The normalized spacial score (nSPS) is 12.6. The number of anilines is 2. The molecule has 5 N–H and O–H groups in total. The van der Waals surface area contributed by atoms with E-state index in [-0.39, 0.29) is 19.4 Å². The first kappa shape index (κ1) is 31.9. The van der Waals surface area contributed by atoms with Crippen LogP contribution in [0.4, 0.5) is 11.4 Å². The first-order chi connectivity index (χ1) is 18.3. The Balaban J connectivity index is 1.90. The third kappa shape index (κ3) is 10.8. The van der Waals surface area contributed by atoms with Gasteiger partial charge < -0.3 is 25.7 Å². The molecule has 2 atom stereocenters. The molecule has 2 aromatic carbocycles. The number of rotatable bonds is 19. The number of benzene rings is 2. The molecule has 0 radical (unpaired) electrons. The molecule has 0 saturated carbocycles. The molecule has 0 aromatic heterocycles. The fourth-order valence-electron chi connectivity index (χ4n) is 3.80. The molecule has 210 valence electrons. The SMILES string of the molecule is N[C@@H](Cc1ccc(N(CCCl)CCON[C@@H](Cc2ccc(N(CCCl)CCCl)cc2)C(=O)O)cc1)C(=O)O. The number of aliphatic carboxylic acids is 2. The maximum atomic E-state index is 11.8. The Labute approximate surface area is 238 Å². The Morgan fingerprint density at radius 3 is 1.63 bits per heavy atom. The monoisotopic (exact) mass is 588 g/mol. The molecule has 0 bridgehead atoms. The van der Waals surface area contributed by atoms with Crippen molar-refractivity contribution in [3.8, 4) is 0 Å². The molecule has 0 heterocycles. The predicted octanol–water partition coefficient (Wildman–Crippen LogP) is 3.19. The van der Waals surface area contributed by atoms with Crippen LogP contribution < -0.4 is 21.0 Å². The highest BCUT2D eigenvalue weighted by molar-refractivity contribution is 6.18. The van der Waals surface area contributed by atoms with E-state index in [9.17, 15) is 14.7 Å². The van der Waals surface area contributed by atoms with Crippen molar-refractivity contribution < 1.29 is 24.6 Å². The molecule has 0 aliphatic rings. The second-order valence-corrected chi connectivity index (χ2v) is 9.72. The number of alkyl halides is 3. The Kier molecular flexibility index (Phi) is 14.6. The van der Waals surface area contributed by atoms with Gasteiger partial charge in [0.1, 0.15) is 12.1 Å². The average molecular weight is 590 g/mol. The topological polar surface area (TPSA) is 128 Å². The van der Waals surface area contributed by atoms with Gasteiger partial charge in [-0.15, -0.1) is 34.8 Å². The quantitative estimate of drug-likeness (QED) is 0.111. The summed E-state index contributed by atoms with van der Waals surface area (Å²) in [7, 11) is 0. The standard InChI is InChI=1S/C26H35Cl3N4O5/c27-9-12-32(13-10-28)21-7-3-20(4-8-21)18-24(26(36)37)31-38-16-15-33(14-11-29)22-5-1-19(2-6-22)17-23(30)25(34)35/h1-8,23-24,31H,9-18,30H2,(H,34,35)(H,36,37)/t23-,24-/m0/s1. The molecular formula is C26H35Cl3N4O5. The first-order valence-electron chi connectivity index (χ1n) is 12.2. The molecule has 2 rings (SSSR count). The molecule has 0 saturated heterocycles. The van der Waals surface area contributed by atoms with Crippen molar-refractivity contribution in [3.05, 3.63) is 59.7 Å². The van der Waals surface area contributed by atoms with Crippen LogP contribution in [0.5, 0.6) is 0 Å². The molecule has 0 aliphatic heterocycles. The van der Waals surface area contributed by atoms with Crippen LogP contribution >= 0.6 is 34.8 Å². The number of hydrogen-bond acceptors (Lipinski definition) is 7. The minimum Gasteiger partial charge on any atom is -0.480 e. The van der Waals surface area contributed by atoms with Crippen molar-refractivity contribution in [1.29, 1.82) is 0 Å². The van der Waals surface area contributed by atoms with Gasteiger partial charge in [0.15, 0.2) is 0 Å². The molecule has 38 heavy (non-hydrogen) atoms. The highest BCUT2D eigenvalue weighted by Gasteiger charge is 2.19. The Bertz CT molecular complexity index is 976. The van der Waals surface area contributed by atoms with E-state index in [2.05, 4.69) is 10.4 Å². The molecule has 2 aromatic rings. The molecule has 0 spiro atoms. The van der Waals surface area contributed by atoms with Crippen LogP contribution in [-0.2, 0) is 27.3 Å². The van der Waals surface area contributed by atoms with Gasteiger partial charge in [-0.2, -0.15) is 5.48 Å². The van der Waals surface area contributed by atoms with E-state index in [0.717, 1.165) is 22.5 Å². The van der Waals surface area contributed by atoms with Crippen molar-refractivity contribution in [1.82, 2.24) is 5.48 Å². The van der Waals surface area contributed by atoms with E-state index >= 15 is 0 Å². The lowest BCUT2D eigenvalue weighted by Gasteiger charge is -2.25. The Morgan fingerprint density at radius 1 is 0.763 bits per heavy atom. The van der Waals surface area contributed by atoms with Crippen molar-refractivity contribution in [2.45, 2.75) is 24.9 Å². The molecule has 0 amide bonds. The van der Waals surface area contributed by atoms with Crippen molar-refractivity contribution in [2.24, 2.45) is 5.73 Å². The zero-order valence-electron chi connectivity index (χ0n) is 21.1. The van der Waals surface area contributed by atoms with Crippen LogP contribution in [0.1, 0.15) is 11.1 Å². The van der Waals surface area contributed by atoms with E-state index in [1.807, 2.05) is 53.4 Å². The lowest BCUT2D eigenvalue weighted by Crippen LogP contribution is -2.40. The summed E-state index contributed by atoms with van der Waals surface area (Å²) < 4.78 is 0. The lowest BCUT2D eigenvalue weighted by atomic mass is 10.1. The largest absolute Gasteiger partial charge is 0.480 e. The second-order valence-electron chi connectivity index (χ2n) is 8.58. The minimum atomic E-state index is -1.05. The van der Waals surface area contributed by atoms with Gasteiger partial charge in [-0.1, -0.05) is 24.3 Å². The summed E-state index contributed by atoms with van der Waals surface area (Å²) in [6, 6.07) is 13.1. The number of halogens is 3. The van der Waals surface area contributed by atoms with Gasteiger partial charge in [0.05, 0.1) is 6.61 Å². The Morgan fingerprint density at radius 2 is 1.21 bits per heavy atom. The number of hydroxylamine groups is 1. The van der Waals surface area contributed by atoms with Gasteiger partial charge in [-0.05, 0) is 41.8 Å². The van der Waals surface area contributed by atoms with Crippen molar-refractivity contribution in [3.63, 3.8) is 0 Å². The highest BCUT2D eigenvalue weighted by atomic mass is 35.5. The lowest BCUT2D eigenvalue weighted by molar-refractivity contribution is -0.144. The van der Waals surface area contributed by atoms with E-state index in [4.69, 9.17) is 50.5 Å². The molecule has 12 heteroatoms. The van der Waals surface area contributed by atoms with Crippen LogP contribution in [-0.4, -0.2) is 84.7 Å². The number of carbonyl (C=O) groups is 2. The third-order valence-electron chi connectivity index (χ3n) is 5.87. The Hall–Kier alpha value is -2.27. The molecular weight excluding hydrogens is 555 g/mol. The van der Waals surface area contributed by atoms with E-state index in [1.54, 1.807) is 0 Å². The van der Waals surface area contributed by atoms with Crippen molar-refractivity contribution in [2.75, 3.05) is 60.2 Å². The number of nitrogens with two attached hydrogens (primary N) is 1. The smallest absolute Gasteiger partial charge is 0.323 e. The summed E-state index contributed by atoms with van der Waals surface area (Å²) in [4.78, 5) is 32.4. The number of hydrogen-bond donors (Lipinski definition) is 4. The van der Waals surface area contributed by atoms with E-state index in [1.165, 1.54) is 0 Å². The first-order valence-corrected chi connectivity index (χ1v) is 13.8. The van der Waals surface area contributed by atoms with Gasteiger partial charge in [-0.3, -0.25) is 14.4 Å². The summed E-state index contributed by atoms with van der Waals surface area (Å²) in [5.74, 6) is -0.713. The average Bonchev–Trinajstić information content (AvgIpc) is 2.90. The van der Waals surface area contributed by atoms with Gasteiger partial charge in [-0.25, -0.2) is 0 Å². The molecule has 0 fully saturated rings. The number of nitrogens with one attached hydrogen (secondary N) is 1. The van der Waals surface area contributed by atoms with Gasteiger partial charge in [0.25, 0.3) is 0 Å². The fraction of sp³-hybridized carbons (Fsp3) is 0.462. The third-order valence-corrected chi connectivity index (χ3v) is 6.37. The summed E-state index contributed by atoms with van der Waals surface area (Å²) in [5.41, 5.74) is 11.8. The summed E-state index contributed by atoms with van der Waals surface area (Å²) in [5, 5.41) is 18.6. The zero-order valence-corrected chi connectivity index (χ0v) is 23.3. The van der Waals surface area contributed by atoms with Crippen LogP contribution in [0.25, 0.3) is 0 Å². The van der Waals surface area contributed by atoms with Crippen LogP contribution in [0.2, 0.25) is 0 Å². The van der Waals surface area contributed by atoms with Crippen LogP contribution in [0, 0.1) is 0 Å². The van der Waals surface area contributed by atoms with E-state index in [0.29, 0.717) is 43.8 Å². The van der Waals surface area contributed by atoms with Crippen LogP contribution in [0.3, 0.4) is 0 Å². The second kappa shape index (κ2) is 17.3. The van der Waals surface area contributed by atoms with Crippen molar-refractivity contribution >= 4 is 58.1 Å². The summed E-state index contributed by atoms with van der Waals surface area (Å²) >= 11 is 17.7. The van der Waals surface area contributed by atoms with Crippen LogP contribution in [0.15, 0.2) is 48.5 Å². The van der Waals surface area contributed by atoms with Gasteiger partial charge in [0, 0.05) is 61.6 Å². The molecule has 0 aliphatic carbocycles. The molecule has 0 unspecified atom stereocenters. The predicted molar refractivity (Wildman–Crippen MR) is 153 cm³/mol. The van der Waals surface area contributed by atoms with E-state index < -0.39 is 24.0 Å². The number of nitrogens with zero attached hydrogens (tertiary/aromatic N) is 2. The summed E-state index contributed by atoms with van der Waals surface area (Å²) in [6.45, 7) is 2.58. The molecule has 9 nitrogen and oxygen atoms in total. The minimum absolute atomic E-state index is 0.219. The summed E-state index contributed by atoms with van der Waals surface area (Å²) in [6.07, 6.45) is 0.475. The fourth-order valence-corrected chi connectivity index (χ4v) is 4.42. The number of carboxylic acid groups (broad SMARTS) is 2. The highest BCUT2D eigenvalue weighted by Crippen LogP contribution is 2.18. The maximum absolute atomic E-state index is 11.8. The number of carboxylic acids is 2. The maximum Gasteiger partial charge on any atom is 0.323 e. The van der Waals surface area contributed by atoms with Gasteiger partial charge >= 0.3 is 11.9 Å². The van der Waals surface area contributed by atoms with Gasteiger partial charge in [0.2, 0.25) is 0 Å².